The minimum Gasteiger partial charge on any atom is -0.352 e. The number of nitrogens with one attached hydrogen (secondary N) is 2. The predicted molar refractivity (Wildman–Crippen MR) is 103 cm³/mol. The number of rotatable bonds is 7. The lowest BCUT2D eigenvalue weighted by Crippen LogP contribution is -2.27. The van der Waals surface area contributed by atoms with Crippen LogP contribution in [-0.2, 0) is 21.4 Å². The summed E-state index contributed by atoms with van der Waals surface area (Å²) in [6.07, 6.45) is 0.848. The van der Waals surface area contributed by atoms with Crippen molar-refractivity contribution < 1.29 is 37.0 Å². The summed E-state index contributed by atoms with van der Waals surface area (Å²) in [6.45, 7) is 1.20. The Kier molecular flexibility index (Phi) is 5.63. The molecule has 2 N–H and O–H groups in total. The SMILES string of the molecule is C[C@H](C(=O)NCc1ccc(S(F)(F)(F)(F)F)cc1)c1ccc(NS(C)(=O)=O)c(F)c1. The molecule has 0 fully saturated rings. The van der Waals surface area contributed by atoms with Crippen molar-refractivity contribution in [1.29, 1.82) is 0 Å². The maximum atomic E-state index is 14.0. The van der Waals surface area contributed by atoms with Gasteiger partial charge in [-0.05, 0) is 42.3 Å². The van der Waals surface area contributed by atoms with Gasteiger partial charge < -0.3 is 5.32 Å². The topological polar surface area (TPSA) is 75.3 Å². The number of sulfonamides is 1. The van der Waals surface area contributed by atoms with E-state index in [-0.39, 0.29) is 35.5 Å². The van der Waals surface area contributed by atoms with E-state index < -0.39 is 42.8 Å². The molecule has 2 aromatic carbocycles. The number of hydrogen-bond donors (Lipinski definition) is 2. The summed E-state index contributed by atoms with van der Waals surface area (Å²) in [5, 5.41) is 2.41. The molecule has 30 heavy (non-hydrogen) atoms. The molecule has 0 heterocycles. The molecule has 1 amide bonds. The van der Waals surface area contributed by atoms with Gasteiger partial charge in [0.2, 0.25) is 15.9 Å². The highest BCUT2D eigenvalue weighted by molar-refractivity contribution is 8.45. The minimum atomic E-state index is -9.76. The number of benzene rings is 2. The Morgan fingerprint density at radius 3 is 2.07 bits per heavy atom. The van der Waals surface area contributed by atoms with Crippen molar-refractivity contribution in [2.45, 2.75) is 24.3 Å². The molecule has 0 unspecified atom stereocenters. The maximum absolute atomic E-state index is 14.0. The molecule has 2 aromatic rings. The lowest BCUT2D eigenvalue weighted by molar-refractivity contribution is -0.122. The van der Waals surface area contributed by atoms with Crippen LogP contribution >= 0.6 is 10.2 Å². The Labute approximate surface area is 169 Å². The molecule has 0 saturated heterocycles. The lowest BCUT2D eigenvalue weighted by Gasteiger charge is -2.40. The second-order valence-electron chi connectivity index (χ2n) is 6.67. The number of carbonyl (C=O) groups excluding carboxylic acids is 1. The van der Waals surface area contributed by atoms with E-state index in [0.717, 1.165) is 30.5 Å². The van der Waals surface area contributed by atoms with Crippen molar-refractivity contribution in [1.82, 2.24) is 5.32 Å². The standard InChI is InChI=1S/C17H18F6N2O3S2/c1-11(13-5-8-16(15(18)9-13)25-29(2,27)28)17(26)24-10-12-3-6-14(7-4-12)30(19,20,21,22)23/h3-9,11,25H,10H2,1-2H3,(H,24,26)/t11-/m0/s1. The summed E-state index contributed by atoms with van der Waals surface area (Å²) in [5.74, 6) is -2.38. The molecule has 0 spiro atoms. The first-order valence-electron chi connectivity index (χ1n) is 8.24. The third-order valence-electron chi connectivity index (χ3n) is 4.02. The van der Waals surface area contributed by atoms with Crippen LogP contribution in [-0.4, -0.2) is 20.6 Å². The summed E-state index contributed by atoms with van der Waals surface area (Å²) in [6, 6.07) is 5.59. The largest absolute Gasteiger partial charge is 0.352 e. The van der Waals surface area contributed by atoms with Gasteiger partial charge in [0.25, 0.3) is 0 Å². The average Bonchev–Trinajstić information content (AvgIpc) is 2.58. The van der Waals surface area contributed by atoms with E-state index in [4.69, 9.17) is 0 Å². The van der Waals surface area contributed by atoms with Gasteiger partial charge in [-0.15, -0.1) is 0 Å². The van der Waals surface area contributed by atoms with Gasteiger partial charge >= 0.3 is 10.2 Å². The van der Waals surface area contributed by atoms with Gasteiger partial charge in [0.1, 0.15) is 10.7 Å². The zero-order valence-electron chi connectivity index (χ0n) is 15.6. The first kappa shape index (κ1) is 23.9. The fraction of sp³-hybridized carbons (Fsp3) is 0.235. The van der Waals surface area contributed by atoms with E-state index in [1.807, 2.05) is 4.72 Å². The number of halogens is 6. The normalized spacial score (nSPS) is 15.6. The van der Waals surface area contributed by atoms with Crippen molar-refractivity contribution >= 4 is 31.8 Å². The zero-order chi connectivity index (χ0) is 23.0. The lowest BCUT2D eigenvalue weighted by atomic mass is 9.99. The molecule has 2 rings (SSSR count). The monoisotopic (exact) mass is 476 g/mol. The smallest absolute Gasteiger partial charge is 0.310 e. The molecule has 0 bridgehead atoms. The van der Waals surface area contributed by atoms with E-state index in [0.29, 0.717) is 0 Å². The number of amides is 1. The van der Waals surface area contributed by atoms with Crippen LogP contribution in [0.2, 0.25) is 0 Å². The number of anilines is 1. The average molecular weight is 476 g/mol. The van der Waals surface area contributed by atoms with Crippen LogP contribution in [0.15, 0.2) is 47.4 Å². The van der Waals surface area contributed by atoms with Gasteiger partial charge in [-0.3, -0.25) is 9.52 Å². The molecule has 168 valence electrons. The van der Waals surface area contributed by atoms with Crippen LogP contribution in [0.1, 0.15) is 24.0 Å². The summed E-state index contributed by atoms with van der Waals surface area (Å²) < 4.78 is 102. The zero-order valence-corrected chi connectivity index (χ0v) is 17.3. The van der Waals surface area contributed by atoms with Crippen LogP contribution in [0.25, 0.3) is 0 Å². The Hall–Kier alpha value is -2.41. The van der Waals surface area contributed by atoms with Crippen LogP contribution in [0.4, 0.5) is 29.5 Å². The van der Waals surface area contributed by atoms with Gasteiger partial charge in [0.15, 0.2) is 0 Å². The number of carbonyl (C=O) groups is 1. The van der Waals surface area contributed by atoms with E-state index in [1.54, 1.807) is 0 Å². The highest BCUT2D eigenvalue weighted by Crippen LogP contribution is 3.02. The van der Waals surface area contributed by atoms with Crippen LogP contribution < -0.4 is 10.0 Å². The van der Waals surface area contributed by atoms with Gasteiger partial charge in [-0.1, -0.05) is 37.6 Å². The third-order valence-corrected chi connectivity index (χ3v) is 5.77. The van der Waals surface area contributed by atoms with E-state index in [2.05, 4.69) is 5.32 Å². The highest BCUT2D eigenvalue weighted by Gasteiger charge is 2.65. The van der Waals surface area contributed by atoms with E-state index in [1.165, 1.54) is 13.0 Å². The van der Waals surface area contributed by atoms with Crippen molar-refractivity contribution in [3.63, 3.8) is 0 Å². The fourth-order valence-electron chi connectivity index (χ4n) is 2.44. The van der Waals surface area contributed by atoms with Crippen LogP contribution in [0, 0.1) is 5.82 Å². The number of hydrogen-bond acceptors (Lipinski definition) is 3. The fourth-order valence-corrected chi connectivity index (χ4v) is 3.66. The Morgan fingerprint density at radius 1 is 1.03 bits per heavy atom. The van der Waals surface area contributed by atoms with Gasteiger partial charge in [0.05, 0.1) is 17.9 Å². The van der Waals surface area contributed by atoms with Gasteiger partial charge in [0, 0.05) is 6.54 Å². The quantitative estimate of drug-likeness (QED) is 0.535. The summed E-state index contributed by atoms with van der Waals surface area (Å²) in [7, 11) is -13.5. The molecular weight excluding hydrogens is 458 g/mol. The minimum absolute atomic E-state index is 0.153. The Balaban J connectivity index is 2.06. The van der Waals surface area contributed by atoms with Gasteiger partial charge in [-0.25, -0.2) is 12.8 Å². The van der Waals surface area contributed by atoms with Crippen molar-refractivity contribution in [3.8, 4) is 0 Å². The van der Waals surface area contributed by atoms with Crippen LogP contribution in [0.3, 0.4) is 0 Å². The highest BCUT2D eigenvalue weighted by atomic mass is 32.5. The van der Waals surface area contributed by atoms with Gasteiger partial charge in [-0.2, -0.15) is 0 Å². The molecule has 0 aliphatic heterocycles. The third kappa shape index (κ3) is 6.55. The molecule has 0 aliphatic carbocycles. The van der Waals surface area contributed by atoms with E-state index in [9.17, 15) is 37.0 Å². The molecule has 0 radical (unpaired) electrons. The molecule has 1 atom stereocenters. The molecular formula is C17H18F6N2O3S2. The molecule has 0 aliphatic rings. The van der Waals surface area contributed by atoms with Crippen molar-refractivity contribution in [2.24, 2.45) is 0 Å². The first-order chi connectivity index (χ1) is 13.4. The van der Waals surface area contributed by atoms with E-state index >= 15 is 0 Å². The first-order valence-corrected chi connectivity index (χ1v) is 12.1. The molecule has 5 nitrogen and oxygen atoms in total. The second kappa shape index (κ2) is 7.08. The molecule has 13 heteroatoms. The maximum Gasteiger partial charge on any atom is 0.310 e. The Bertz CT molecular complexity index is 1070. The summed E-state index contributed by atoms with van der Waals surface area (Å²) >= 11 is 0. The van der Waals surface area contributed by atoms with Crippen molar-refractivity contribution in [2.75, 3.05) is 11.0 Å². The molecule has 0 saturated carbocycles. The molecule has 0 aromatic heterocycles. The predicted octanol–water partition coefficient (Wildman–Crippen LogP) is 5.27. The summed E-state index contributed by atoms with van der Waals surface area (Å²) in [5.41, 5.74) is 0.0817. The Morgan fingerprint density at radius 2 is 1.60 bits per heavy atom. The second-order valence-corrected chi connectivity index (χ2v) is 10.8. The van der Waals surface area contributed by atoms with Crippen LogP contribution in [0.5, 0.6) is 0 Å². The van der Waals surface area contributed by atoms with Crippen molar-refractivity contribution in [3.05, 3.63) is 59.4 Å². The summed E-state index contributed by atoms with van der Waals surface area (Å²) in [4.78, 5) is 10.2.